The maximum absolute atomic E-state index is 5.28. The summed E-state index contributed by atoms with van der Waals surface area (Å²) < 4.78 is 5.26. The maximum Gasteiger partial charge on any atom is 0.254 e. The zero-order valence-corrected chi connectivity index (χ0v) is 8.82. The minimum atomic E-state index is 0.179. The highest BCUT2D eigenvalue weighted by Gasteiger charge is 2.06. The molecule has 0 saturated carbocycles. The van der Waals surface area contributed by atoms with Gasteiger partial charge >= 0.3 is 0 Å². The number of hydrogen-bond donors (Lipinski definition) is 1. The van der Waals surface area contributed by atoms with Gasteiger partial charge in [0.2, 0.25) is 0 Å². The highest BCUT2D eigenvalue weighted by molar-refractivity contribution is 7.80. The summed E-state index contributed by atoms with van der Waals surface area (Å²) in [7, 11) is 0. The Morgan fingerprint density at radius 3 is 2.50 bits per heavy atom. The first kappa shape index (κ1) is 11.7. The molecule has 0 radical (unpaired) electrons. The van der Waals surface area contributed by atoms with E-state index >= 15 is 0 Å². The monoisotopic (exact) mass is 189 g/mol. The molecule has 2 nitrogen and oxygen atoms in total. The van der Waals surface area contributed by atoms with Crippen LogP contribution in [0.25, 0.3) is 0 Å². The Kier molecular flexibility index (Phi) is 7.16. The Labute approximate surface area is 80.5 Å². The van der Waals surface area contributed by atoms with Gasteiger partial charge in [0.1, 0.15) is 6.10 Å². The van der Waals surface area contributed by atoms with Gasteiger partial charge < -0.3 is 10.5 Å². The summed E-state index contributed by atoms with van der Waals surface area (Å²) in [6.45, 7) is 4.28. The van der Waals surface area contributed by atoms with Crippen LogP contribution in [-0.4, -0.2) is 11.3 Å². The van der Waals surface area contributed by atoms with Gasteiger partial charge in [0.05, 0.1) is 0 Å². The predicted molar refractivity (Wildman–Crippen MR) is 56.1 cm³/mol. The molecule has 0 rings (SSSR count). The molecule has 0 amide bonds. The molecule has 72 valence electrons. The first-order valence-corrected chi connectivity index (χ1v) is 5.07. The lowest BCUT2D eigenvalue weighted by Gasteiger charge is -2.15. The lowest BCUT2D eigenvalue weighted by atomic mass is 10.1. The number of hydrogen-bond acceptors (Lipinski definition) is 2. The van der Waals surface area contributed by atoms with E-state index in [2.05, 4.69) is 26.1 Å². The summed E-state index contributed by atoms with van der Waals surface area (Å²) >= 11 is 4.67. The highest BCUT2D eigenvalue weighted by atomic mass is 32.1. The van der Waals surface area contributed by atoms with Crippen LogP contribution < -0.4 is 5.73 Å². The second-order valence-corrected chi connectivity index (χ2v) is 3.37. The molecule has 0 bridgehead atoms. The number of thiocarbonyl (C=S) groups is 1. The SMILES string of the molecule is CCCCCC(CC)OC(N)=S. The molecule has 0 aromatic carbocycles. The Morgan fingerprint density at radius 1 is 1.42 bits per heavy atom. The van der Waals surface area contributed by atoms with Crippen LogP contribution in [0.15, 0.2) is 0 Å². The van der Waals surface area contributed by atoms with Crippen LogP contribution in [0.2, 0.25) is 0 Å². The lowest BCUT2D eigenvalue weighted by Crippen LogP contribution is -2.21. The maximum atomic E-state index is 5.28. The van der Waals surface area contributed by atoms with Gasteiger partial charge in [0, 0.05) is 0 Å². The highest BCUT2D eigenvalue weighted by Crippen LogP contribution is 2.09. The van der Waals surface area contributed by atoms with Crippen LogP contribution >= 0.6 is 12.2 Å². The summed E-state index contributed by atoms with van der Waals surface area (Å²) in [5.41, 5.74) is 5.28. The van der Waals surface area contributed by atoms with Crippen molar-refractivity contribution in [3.8, 4) is 0 Å². The molecule has 2 N–H and O–H groups in total. The van der Waals surface area contributed by atoms with Crippen molar-refractivity contribution in [3.05, 3.63) is 0 Å². The van der Waals surface area contributed by atoms with E-state index in [1.54, 1.807) is 0 Å². The molecule has 0 spiro atoms. The van der Waals surface area contributed by atoms with E-state index in [1.807, 2.05) is 0 Å². The summed E-state index contributed by atoms with van der Waals surface area (Å²) in [6, 6.07) is 0. The molecule has 0 aliphatic carbocycles. The van der Waals surface area contributed by atoms with E-state index in [9.17, 15) is 0 Å². The fraction of sp³-hybridized carbons (Fsp3) is 0.889. The fourth-order valence-electron chi connectivity index (χ4n) is 1.13. The zero-order chi connectivity index (χ0) is 9.40. The normalized spacial score (nSPS) is 12.5. The van der Waals surface area contributed by atoms with Gasteiger partial charge in [0.15, 0.2) is 0 Å². The lowest BCUT2D eigenvalue weighted by molar-refractivity contribution is 0.172. The average molecular weight is 189 g/mol. The van der Waals surface area contributed by atoms with Crippen LogP contribution in [0.4, 0.5) is 0 Å². The van der Waals surface area contributed by atoms with Crippen molar-refractivity contribution < 1.29 is 4.74 Å². The molecular formula is C9H19NOS. The average Bonchev–Trinajstić information content (AvgIpc) is 2.02. The van der Waals surface area contributed by atoms with Crippen molar-refractivity contribution in [2.75, 3.05) is 0 Å². The van der Waals surface area contributed by atoms with Gasteiger partial charge in [-0.25, -0.2) is 0 Å². The Morgan fingerprint density at radius 2 is 2.08 bits per heavy atom. The summed E-state index contributed by atoms with van der Waals surface area (Å²) in [6.07, 6.45) is 6.00. The second kappa shape index (κ2) is 7.35. The largest absolute Gasteiger partial charge is 0.468 e. The third-order valence-electron chi connectivity index (χ3n) is 1.87. The van der Waals surface area contributed by atoms with Crippen molar-refractivity contribution in [1.29, 1.82) is 0 Å². The topological polar surface area (TPSA) is 35.2 Å². The fourth-order valence-corrected chi connectivity index (χ4v) is 1.27. The van der Waals surface area contributed by atoms with Gasteiger partial charge in [-0.3, -0.25) is 0 Å². The molecule has 0 aliphatic heterocycles. The van der Waals surface area contributed by atoms with E-state index in [-0.39, 0.29) is 11.3 Å². The predicted octanol–water partition coefficient (Wildman–Crippen LogP) is 2.61. The van der Waals surface area contributed by atoms with Gasteiger partial charge in [-0.2, -0.15) is 0 Å². The molecule has 12 heavy (non-hydrogen) atoms. The molecule has 0 heterocycles. The first-order valence-electron chi connectivity index (χ1n) is 4.66. The summed E-state index contributed by atoms with van der Waals surface area (Å²) in [4.78, 5) is 0. The molecule has 0 aromatic rings. The van der Waals surface area contributed by atoms with E-state index < -0.39 is 0 Å². The first-order chi connectivity index (χ1) is 5.70. The van der Waals surface area contributed by atoms with Crippen molar-refractivity contribution in [1.82, 2.24) is 0 Å². The molecule has 1 unspecified atom stereocenters. The number of nitrogens with two attached hydrogens (primary N) is 1. The Bertz CT molecular complexity index is 128. The van der Waals surface area contributed by atoms with E-state index in [0.29, 0.717) is 0 Å². The molecule has 0 saturated heterocycles. The van der Waals surface area contributed by atoms with Gasteiger partial charge in [0.25, 0.3) is 5.17 Å². The molecule has 0 aliphatic rings. The van der Waals surface area contributed by atoms with E-state index in [0.717, 1.165) is 12.8 Å². The summed E-state index contributed by atoms with van der Waals surface area (Å²) in [5.74, 6) is 0. The minimum Gasteiger partial charge on any atom is -0.468 e. The third kappa shape index (κ3) is 6.40. The van der Waals surface area contributed by atoms with Gasteiger partial charge in [-0.05, 0) is 31.5 Å². The Hall–Kier alpha value is -0.310. The van der Waals surface area contributed by atoms with Gasteiger partial charge in [-0.15, -0.1) is 0 Å². The standard InChI is InChI=1S/C9H19NOS/c1-3-5-6-7-8(4-2)11-9(10)12/h8H,3-7H2,1-2H3,(H2,10,12). The third-order valence-corrected chi connectivity index (χ3v) is 1.96. The number of rotatable bonds is 6. The van der Waals surface area contributed by atoms with Crippen LogP contribution in [0, 0.1) is 0 Å². The molecule has 0 aromatic heterocycles. The number of unbranched alkanes of at least 4 members (excludes halogenated alkanes) is 2. The van der Waals surface area contributed by atoms with Crippen LogP contribution in [0.1, 0.15) is 46.0 Å². The summed E-state index contributed by atoms with van der Waals surface area (Å²) in [5, 5.41) is 0.179. The van der Waals surface area contributed by atoms with Crippen molar-refractivity contribution in [2.45, 2.75) is 52.1 Å². The van der Waals surface area contributed by atoms with Crippen molar-refractivity contribution in [2.24, 2.45) is 5.73 Å². The van der Waals surface area contributed by atoms with Crippen LogP contribution in [0.3, 0.4) is 0 Å². The molecular weight excluding hydrogens is 170 g/mol. The zero-order valence-electron chi connectivity index (χ0n) is 8.01. The minimum absolute atomic E-state index is 0.179. The molecule has 1 atom stereocenters. The van der Waals surface area contributed by atoms with Gasteiger partial charge in [-0.1, -0.05) is 26.7 Å². The van der Waals surface area contributed by atoms with E-state index in [4.69, 9.17) is 10.5 Å². The van der Waals surface area contributed by atoms with Crippen LogP contribution in [-0.2, 0) is 4.74 Å². The van der Waals surface area contributed by atoms with Crippen LogP contribution in [0.5, 0.6) is 0 Å². The second-order valence-electron chi connectivity index (χ2n) is 2.96. The Balaban J connectivity index is 3.46. The molecule has 0 fully saturated rings. The number of ether oxygens (including phenoxy) is 1. The molecule has 3 heteroatoms. The van der Waals surface area contributed by atoms with Crippen molar-refractivity contribution in [3.63, 3.8) is 0 Å². The van der Waals surface area contributed by atoms with Crippen molar-refractivity contribution >= 4 is 17.4 Å². The van der Waals surface area contributed by atoms with E-state index in [1.165, 1.54) is 19.3 Å². The smallest absolute Gasteiger partial charge is 0.254 e. The quantitative estimate of drug-likeness (QED) is 0.515.